The van der Waals surface area contributed by atoms with E-state index in [9.17, 15) is 4.79 Å². The number of halogens is 1. The number of carbonyl (C=O) groups is 1. The lowest BCUT2D eigenvalue weighted by Crippen LogP contribution is -2.21. The maximum absolute atomic E-state index is 12.0. The summed E-state index contributed by atoms with van der Waals surface area (Å²) in [7, 11) is 0. The van der Waals surface area contributed by atoms with E-state index < -0.39 is 0 Å². The summed E-state index contributed by atoms with van der Waals surface area (Å²) in [4.78, 5) is 12.0. The Morgan fingerprint density at radius 2 is 1.91 bits per heavy atom. The van der Waals surface area contributed by atoms with Crippen molar-refractivity contribution >= 4 is 17.5 Å². The van der Waals surface area contributed by atoms with E-state index in [1.54, 1.807) is 54.8 Å². The minimum atomic E-state index is -0.306. The first-order valence-electron chi connectivity index (χ1n) is 6.98. The average molecular weight is 332 g/mol. The van der Waals surface area contributed by atoms with Crippen LogP contribution in [-0.4, -0.2) is 5.91 Å². The summed E-state index contributed by atoms with van der Waals surface area (Å²) < 4.78 is 16.2. The molecule has 3 rings (SSSR count). The summed E-state index contributed by atoms with van der Waals surface area (Å²) in [5, 5.41) is 3.36. The van der Waals surface area contributed by atoms with Gasteiger partial charge in [0.2, 0.25) is 0 Å². The number of carbonyl (C=O) groups excluding carboxylic acids is 1. The standard InChI is InChI=1S/C17H14ClNO4/c18-12-3-5-13(6-4-12)22-11-15-7-8-16(23-15)17(20)19-10-14-2-1-9-21-14/h1-9H,10-11H2,(H,19,20). The highest BCUT2D eigenvalue weighted by Gasteiger charge is 2.11. The van der Waals surface area contributed by atoms with Crippen molar-refractivity contribution in [2.24, 2.45) is 0 Å². The number of hydrogen-bond acceptors (Lipinski definition) is 4. The molecule has 2 heterocycles. The SMILES string of the molecule is O=C(NCc1ccco1)c1ccc(COc2ccc(Cl)cc2)o1. The van der Waals surface area contributed by atoms with E-state index in [-0.39, 0.29) is 18.3 Å². The molecule has 0 unspecified atom stereocenters. The van der Waals surface area contributed by atoms with Gasteiger partial charge in [0.05, 0.1) is 12.8 Å². The van der Waals surface area contributed by atoms with Crippen LogP contribution in [0, 0.1) is 0 Å². The molecule has 0 aliphatic carbocycles. The molecule has 6 heteroatoms. The minimum absolute atomic E-state index is 0.228. The van der Waals surface area contributed by atoms with E-state index in [0.29, 0.717) is 28.8 Å². The average Bonchev–Trinajstić information content (AvgIpc) is 3.24. The number of hydrogen-bond donors (Lipinski definition) is 1. The normalized spacial score (nSPS) is 10.5. The molecule has 0 fully saturated rings. The molecule has 3 aromatic rings. The third kappa shape index (κ3) is 4.17. The number of rotatable bonds is 6. The topological polar surface area (TPSA) is 64.6 Å². The molecule has 1 N–H and O–H groups in total. The Morgan fingerprint density at radius 3 is 2.65 bits per heavy atom. The molecule has 2 aromatic heterocycles. The number of furan rings is 2. The second kappa shape index (κ2) is 7.07. The Morgan fingerprint density at radius 1 is 1.09 bits per heavy atom. The molecular weight excluding hydrogens is 318 g/mol. The third-order valence-electron chi connectivity index (χ3n) is 3.08. The predicted molar refractivity (Wildman–Crippen MR) is 84.4 cm³/mol. The lowest BCUT2D eigenvalue weighted by atomic mass is 10.3. The van der Waals surface area contributed by atoms with Gasteiger partial charge in [-0.25, -0.2) is 0 Å². The molecule has 1 aromatic carbocycles. The van der Waals surface area contributed by atoms with Gasteiger partial charge in [-0.3, -0.25) is 4.79 Å². The van der Waals surface area contributed by atoms with Crippen LogP contribution in [0.4, 0.5) is 0 Å². The Labute approximate surface area is 137 Å². The van der Waals surface area contributed by atoms with Crippen molar-refractivity contribution in [3.05, 3.63) is 77.1 Å². The Kier molecular flexibility index (Phi) is 4.68. The first kappa shape index (κ1) is 15.2. The van der Waals surface area contributed by atoms with Crippen LogP contribution in [0.5, 0.6) is 5.75 Å². The van der Waals surface area contributed by atoms with E-state index in [2.05, 4.69) is 5.32 Å². The van der Waals surface area contributed by atoms with Crippen molar-refractivity contribution < 1.29 is 18.4 Å². The van der Waals surface area contributed by atoms with Crippen molar-refractivity contribution in [3.63, 3.8) is 0 Å². The highest BCUT2D eigenvalue weighted by atomic mass is 35.5. The van der Waals surface area contributed by atoms with E-state index >= 15 is 0 Å². The predicted octanol–water partition coefficient (Wildman–Crippen LogP) is 4.04. The van der Waals surface area contributed by atoms with Crippen LogP contribution in [0.2, 0.25) is 5.02 Å². The van der Waals surface area contributed by atoms with Crippen LogP contribution in [0.25, 0.3) is 0 Å². The van der Waals surface area contributed by atoms with Gasteiger partial charge in [-0.05, 0) is 48.5 Å². The maximum atomic E-state index is 12.0. The molecule has 23 heavy (non-hydrogen) atoms. The summed E-state index contributed by atoms with van der Waals surface area (Å²) in [6.45, 7) is 0.538. The number of ether oxygens (including phenoxy) is 1. The number of nitrogens with one attached hydrogen (secondary N) is 1. The van der Waals surface area contributed by atoms with Crippen molar-refractivity contribution in [1.29, 1.82) is 0 Å². The first-order chi connectivity index (χ1) is 11.2. The number of benzene rings is 1. The van der Waals surface area contributed by atoms with Gasteiger partial charge in [-0.1, -0.05) is 11.6 Å². The van der Waals surface area contributed by atoms with Gasteiger partial charge in [-0.2, -0.15) is 0 Å². The lowest BCUT2D eigenvalue weighted by Gasteiger charge is -2.04. The van der Waals surface area contributed by atoms with Crippen LogP contribution < -0.4 is 10.1 Å². The second-order valence-corrected chi connectivity index (χ2v) is 5.21. The molecule has 0 aliphatic heterocycles. The van der Waals surface area contributed by atoms with E-state index in [0.717, 1.165) is 0 Å². The van der Waals surface area contributed by atoms with Gasteiger partial charge in [0, 0.05) is 5.02 Å². The summed E-state index contributed by atoms with van der Waals surface area (Å²) in [5.74, 6) is 1.83. The fraction of sp³-hybridized carbons (Fsp3) is 0.118. The Balaban J connectivity index is 1.52. The van der Waals surface area contributed by atoms with Crippen LogP contribution in [0.15, 0.2) is 63.6 Å². The zero-order valence-electron chi connectivity index (χ0n) is 12.1. The molecule has 1 amide bonds. The molecular formula is C17H14ClNO4. The minimum Gasteiger partial charge on any atom is -0.486 e. The summed E-state index contributed by atoms with van der Waals surface area (Å²) in [5.41, 5.74) is 0. The molecule has 5 nitrogen and oxygen atoms in total. The van der Waals surface area contributed by atoms with Crippen LogP contribution in [0.1, 0.15) is 22.1 Å². The van der Waals surface area contributed by atoms with E-state index in [1.165, 1.54) is 0 Å². The van der Waals surface area contributed by atoms with Gasteiger partial charge in [-0.15, -0.1) is 0 Å². The maximum Gasteiger partial charge on any atom is 0.287 e. The zero-order valence-corrected chi connectivity index (χ0v) is 12.9. The van der Waals surface area contributed by atoms with Gasteiger partial charge in [0.1, 0.15) is 23.9 Å². The highest BCUT2D eigenvalue weighted by Crippen LogP contribution is 2.17. The van der Waals surface area contributed by atoms with Crippen LogP contribution >= 0.6 is 11.6 Å². The van der Waals surface area contributed by atoms with Crippen molar-refractivity contribution in [3.8, 4) is 5.75 Å². The zero-order chi connectivity index (χ0) is 16.1. The van der Waals surface area contributed by atoms with Crippen molar-refractivity contribution in [1.82, 2.24) is 5.32 Å². The highest BCUT2D eigenvalue weighted by molar-refractivity contribution is 6.30. The molecule has 0 saturated heterocycles. The quantitative estimate of drug-likeness (QED) is 0.740. The van der Waals surface area contributed by atoms with E-state index in [1.807, 2.05) is 0 Å². The molecule has 0 radical (unpaired) electrons. The Bertz CT molecular complexity index is 762. The molecule has 0 saturated carbocycles. The van der Waals surface area contributed by atoms with Gasteiger partial charge in [0.15, 0.2) is 5.76 Å². The first-order valence-corrected chi connectivity index (χ1v) is 7.36. The van der Waals surface area contributed by atoms with Gasteiger partial charge in [0.25, 0.3) is 5.91 Å². The fourth-order valence-corrected chi connectivity index (χ4v) is 2.06. The van der Waals surface area contributed by atoms with Gasteiger partial charge >= 0.3 is 0 Å². The number of amides is 1. The van der Waals surface area contributed by atoms with Crippen molar-refractivity contribution in [2.45, 2.75) is 13.2 Å². The molecule has 0 spiro atoms. The molecule has 0 aliphatic rings. The summed E-state index contributed by atoms with van der Waals surface area (Å²) in [6, 6.07) is 13.9. The monoisotopic (exact) mass is 331 g/mol. The molecule has 0 bridgehead atoms. The fourth-order valence-electron chi connectivity index (χ4n) is 1.93. The lowest BCUT2D eigenvalue weighted by molar-refractivity contribution is 0.0916. The second-order valence-electron chi connectivity index (χ2n) is 4.77. The van der Waals surface area contributed by atoms with Crippen LogP contribution in [-0.2, 0) is 13.2 Å². The van der Waals surface area contributed by atoms with Crippen LogP contribution in [0.3, 0.4) is 0 Å². The van der Waals surface area contributed by atoms with Crippen molar-refractivity contribution in [2.75, 3.05) is 0 Å². The summed E-state index contributed by atoms with van der Waals surface area (Å²) >= 11 is 5.81. The molecule has 0 atom stereocenters. The third-order valence-corrected chi connectivity index (χ3v) is 3.34. The smallest absolute Gasteiger partial charge is 0.287 e. The molecule has 118 valence electrons. The van der Waals surface area contributed by atoms with Gasteiger partial charge < -0.3 is 18.9 Å². The summed E-state index contributed by atoms with van der Waals surface area (Å²) in [6.07, 6.45) is 1.56. The largest absolute Gasteiger partial charge is 0.486 e. The Hall–Kier alpha value is -2.66. The van der Waals surface area contributed by atoms with E-state index in [4.69, 9.17) is 25.2 Å².